The first-order valence-corrected chi connectivity index (χ1v) is 10.3. The van der Waals surface area contributed by atoms with E-state index in [1.165, 1.54) is 23.4 Å². The molecular formula is C21H28N4O3. The molecular weight excluding hydrogens is 356 g/mol. The first-order valence-electron chi connectivity index (χ1n) is 10.3. The van der Waals surface area contributed by atoms with Crippen molar-refractivity contribution in [2.24, 2.45) is 0 Å². The molecule has 1 spiro atoms. The van der Waals surface area contributed by atoms with Gasteiger partial charge in [0.15, 0.2) is 0 Å². The van der Waals surface area contributed by atoms with Crippen LogP contribution >= 0.6 is 0 Å². The third-order valence-electron chi connectivity index (χ3n) is 6.22. The molecule has 2 N–H and O–H groups in total. The van der Waals surface area contributed by atoms with Gasteiger partial charge in [0, 0.05) is 37.4 Å². The van der Waals surface area contributed by atoms with Crippen LogP contribution in [-0.4, -0.2) is 47.9 Å². The first kappa shape index (κ1) is 18.8. The minimum absolute atomic E-state index is 0.0998. The van der Waals surface area contributed by atoms with Gasteiger partial charge < -0.3 is 15.5 Å². The SMILES string of the molecule is Cc1cc(N2CCCC2)ccc1NC(=O)CCN1C(=O)NC2(CCCC2)C1=O. The van der Waals surface area contributed by atoms with E-state index in [9.17, 15) is 14.4 Å². The van der Waals surface area contributed by atoms with E-state index in [1.807, 2.05) is 19.1 Å². The van der Waals surface area contributed by atoms with Crippen molar-refractivity contribution in [1.82, 2.24) is 10.2 Å². The smallest absolute Gasteiger partial charge is 0.325 e. The Morgan fingerprint density at radius 3 is 2.54 bits per heavy atom. The summed E-state index contributed by atoms with van der Waals surface area (Å²) in [5.74, 6) is -0.362. The van der Waals surface area contributed by atoms with Crippen LogP contribution in [0.4, 0.5) is 16.2 Å². The van der Waals surface area contributed by atoms with Gasteiger partial charge in [0.2, 0.25) is 5.91 Å². The van der Waals surface area contributed by atoms with Gasteiger partial charge in [-0.2, -0.15) is 0 Å². The Bertz CT molecular complexity index is 795. The van der Waals surface area contributed by atoms with Gasteiger partial charge in [0.05, 0.1) is 0 Å². The second-order valence-corrected chi connectivity index (χ2v) is 8.17. The average Bonchev–Trinajstić information content (AvgIpc) is 3.39. The number of hydrogen-bond acceptors (Lipinski definition) is 4. The number of rotatable bonds is 5. The van der Waals surface area contributed by atoms with E-state index in [0.717, 1.165) is 37.2 Å². The van der Waals surface area contributed by atoms with Gasteiger partial charge in [0.1, 0.15) is 5.54 Å². The normalized spacial score (nSPS) is 20.9. The molecule has 0 unspecified atom stereocenters. The summed E-state index contributed by atoms with van der Waals surface area (Å²) in [4.78, 5) is 40.8. The molecule has 7 heteroatoms. The number of amides is 4. The van der Waals surface area contributed by atoms with E-state index in [2.05, 4.69) is 21.6 Å². The fraction of sp³-hybridized carbons (Fsp3) is 0.571. The molecule has 1 aromatic carbocycles. The fourth-order valence-corrected chi connectivity index (χ4v) is 4.58. The van der Waals surface area contributed by atoms with Gasteiger partial charge in [-0.15, -0.1) is 0 Å². The quantitative estimate of drug-likeness (QED) is 0.765. The van der Waals surface area contributed by atoms with Gasteiger partial charge in [-0.1, -0.05) is 12.8 Å². The minimum atomic E-state index is -0.713. The zero-order valence-electron chi connectivity index (χ0n) is 16.4. The van der Waals surface area contributed by atoms with Crippen LogP contribution in [0.15, 0.2) is 18.2 Å². The lowest BCUT2D eigenvalue weighted by Crippen LogP contribution is -2.44. The highest BCUT2D eigenvalue weighted by molar-refractivity contribution is 6.07. The molecule has 4 amide bonds. The first-order chi connectivity index (χ1) is 13.5. The van der Waals surface area contributed by atoms with Crippen molar-refractivity contribution in [3.8, 4) is 0 Å². The molecule has 1 aliphatic carbocycles. The number of carbonyl (C=O) groups is 3. The Balaban J connectivity index is 1.33. The number of hydrogen-bond donors (Lipinski definition) is 2. The Morgan fingerprint density at radius 2 is 1.86 bits per heavy atom. The maximum Gasteiger partial charge on any atom is 0.325 e. The van der Waals surface area contributed by atoms with Crippen molar-refractivity contribution in [2.75, 3.05) is 29.9 Å². The second kappa shape index (κ2) is 7.45. The number of benzene rings is 1. The van der Waals surface area contributed by atoms with Crippen molar-refractivity contribution >= 4 is 29.2 Å². The van der Waals surface area contributed by atoms with Crippen LogP contribution in [0.5, 0.6) is 0 Å². The molecule has 7 nitrogen and oxygen atoms in total. The maximum atomic E-state index is 12.6. The number of carbonyl (C=O) groups excluding carboxylic acids is 3. The highest BCUT2D eigenvalue weighted by Gasteiger charge is 2.52. The Hall–Kier alpha value is -2.57. The highest BCUT2D eigenvalue weighted by Crippen LogP contribution is 2.35. The van der Waals surface area contributed by atoms with Crippen molar-refractivity contribution in [3.63, 3.8) is 0 Å². The molecule has 0 radical (unpaired) electrons. The molecule has 3 fully saturated rings. The number of nitrogens with zero attached hydrogens (tertiary/aromatic N) is 2. The van der Waals surface area contributed by atoms with Crippen LogP contribution in [0.1, 0.15) is 50.5 Å². The average molecular weight is 384 g/mol. The lowest BCUT2D eigenvalue weighted by Gasteiger charge is -2.20. The molecule has 4 rings (SSSR count). The number of aryl methyl sites for hydroxylation is 1. The van der Waals surface area contributed by atoms with Gasteiger partial charge >= 0.3 is 6.03 Å². The lowest BCUT2D eigenvalue weighted by molar-refractivity contribution is -0.131. The number of imide groups is 1. The van der Waals surface area contributed by atoms with E-state index in [4.69, 9.17) is 0 Å². The van der Waals surface area contributed by atoms with Gasteiger partial charge in [0.25, 0.3) is 5.91 Å². The van der Waals surface area contributed by atoms with Crippen molar-refractivity contribution in [3.05, 3.63) is 23.8 Å². The summed E-state index contributed by atoms with van der Waals surface area (Å²) in [7, 11) is 0. The zero-order valence-corrected chi connectivity index (χ0v) is 16.4. The van der Waals surface area contributed by atoms with E-state index >= 15 is 0 Å². The van der Waals surface area contributed by atoms with Crippen LogP contribution < -0.4 is 15.5 Å². The lowest BCUT2D eigenvalue weighted by atomic mass is 9.98. The van der Waals surface area contributed by atoms with Crippen LogP contribution in [0, 0.1) is 6.92 Å². The van der Waals surface area contributed by atoms with Crippen LogP contribution in [0.25, 0.3) is 0 Å². The molecule has 150 valence electrons. The summed E-state index contributed by atoms with van der Waals surface area (Å²) < 4.78 is 0. The summed E-state index contributed by atoms with van der Waals surface area (Å²) in [6, 6.07) is 5.70. The van der Waals surface area contributed by atoms with Crippen LogP contribution in [-0.2, 0) is 9.59 Å². The molecule has 0 bridgehead atoms. The highest BCUT2D eigenvalue weighted by atomic mass is 16.2. The van der Waals surface area contributed by atoms with Crippen molar-refractivity contribution in [2.45, 2.75) is 57.4 Å². The van der Waals surface area contributed by atoms with E-state index in [0.29, 0.717) is 12.8 Å². The van der Waals surface area contributed by atoms with Crippen molar-refractivity contribution < 1.29 is 14.4 Å². The third-order valence-corrected chi connectivity index (χ3v) is 6.22. The summed E-state index contributed by atoms with van der Waals surface area (Å²) in [5.41, 5.74) is 2.26. The molecule has 2 saturated heterocycles. The third kappa shape index (κ3) is 3.45. The second-order valence-electron chi connectivity index (χ2n) is 8.17. The van der Waals surface area contributed by atoms with Gasteiger partial charge in [-0.25, -0.2) is 4.79 Å². The largest absolute Gasteiger partial charge is 0.372 e. The molecule has 1 saturated carbocycles. The zero-order chi connectivity index (χ0) is 19.7. The van der Waals surface area contributed by atoms with E-state index in [-0.39, 0.29) is 30.8 Å². The molecule has 1 aromatic rings. The van der Waals surface area contributed by atoms with Gasteiger partial charge in [-0.05, 0) is 56.4 Å². The Morgan fingerprint density at radius 1 is 1.14 bits per heavy atom. The molecule has 28 heavy (non-hydrogen) atoms. The predicted molar refractivity (Wildman–Crippen MR) is 107 cm³/mol. The molecule has 2 heterocycles. The van der Waals surface area contributed by atoms with Crippen molar-refractivity contribution in [1.29, 1.82) is 0 Å². The summed E-state index contributed by atoms with van der Waals surface area (Å²) >= 11 is 0. The standard InChI is InChI=1S/C21H28N4O3/c1-15-14-16(24-11-4-5-12-24)6-7-17(15)22-18(26)8-13-25-19(27)21(23-20(25)28)9-2-3-10-21/h6-7,14H,2-5,8-13H2,1H3,(H,22,26)(H,23,28). The molecule has 0 aromatic heterocycles. The topological polar surface area (TPSA) is 81.8 Å². The fourth-order valence-electron chi connectivity index (χ4n) is 4.58. The number of urea groups is 1. The number of nitrogens with one attached hydrogen (secondary N) is 2. The predicted octanol–water partition coefficient (Wildman–Crippen LogP) is 2.79. The minimum Gasteiger partial charge on any atom is -0.372 e. The Kier molecular flexibility index (Phi) is 5.00. The molecule has 0 atom stereocenters. The van der Waals surface area contributed by atoms with Crippen LogP contribution in [0.2, 0.25) is 0 Å². The molecule has 3 aliphatic rings. The van der Waals surface area contributed by atoms with E-state index < -0.39 is 5.54 Å². The Labute approximate surface area is 165 Å². The number of anilines is 2. The van der Waals surface area contributed by atoms with Gasteiger partial charge in [-0.3, -0.25) is 14.5 Å². The summed E-state index contributed by atoms with van der Waals surface area (Å²) in [5, 5.41) is 5.76. The summed E-state index contributed by atoms with van der Waals surface area (Å²) in [6.45, 7) is 4.26. The maximum absolute atomic E-state index is 12.6. The van der Waals surface area contributed by atoms with Crippen LogP contribution in [0.3, 0.4) is 0 Å². The molecule has 2 aliphatic heterocycles. The van der Waals surface area contributed by atoms with E-state index in [1.54, 1.807) is 0 Å². The summed E-state index contributed by atoms with van der Waals surface area (Å²) in [6.07, 6.45) is 5.84. The monoisotopic (exact) mass is 384 g/mol.